The molecule has 0 bridgehead atoms. The normalized spacial score (nSPS) is 17.4. The molecule has 20 heavy (non-hydrogen) atoms. The van der Waals surface area contributed by atoms with E-state index in [0.29, 0.717) is 18.5 Å². The van der Waals surface area contributed by atoms with Gasteiger partial charge in [0, 0.05) is 13.4 Å². The molecule has 0 unspecified atom stereocenters. The Labute approximate surface area is 141 Å². The van der Waals surface area contributed by atoms with Gasteiger partial charge in [0.2, 0.25) is 5.91 Å². The maximum Gasteiger partial charge on any atom is 0.238 e. The Kier molecular flexibility index (Phi) is 4.76. The molecule has 8 heteroatoms. The predicted octanol–water partition coefficient (Wildman–Crippen LogP) is 3.83. The summed E-state index contributed by atoms with van der Waals surface area (Å²) in [6, 6.07) is 3.66. The van der Waals surface area contributed by atoms with Crippen LogP contribution in [0.2, 0.25) is 0 Å². The summed E-state index contributed by atoms with van der Waals surface area (Å²) in [5, 5.41) is 14.7. The van der Waals surface area contributed by atoms with Crippen LogP contribution in [0, 0.1) is 5.41 Å². The lowest BCUT2D eigenvalue weighted by atomic mass is 9.67. The number of hydrogen-bond acceptors (Lipinski definition) is 3. The first-order valence-electron chi connectivity index (χ1n) is 5.85. The van der Waals surface area contributed by atoms with Crippen LogP contribution in [0.3, 0.4) is 0 Å². The number of oxime groups is 1. The first kappa shape index (κ1) is 15.8. The minimum absolute atomic E-state index is 0.0365. The third kappa shape index (κ3) is 2.73. The topological polar surface area (TPSA) is 87.7 Å². The summed E-state index contributed by atoms with van der Waals surface area (Å²) in [5.74, 6) is -0.298. The van der Waals surface area contributed by atoms with Crippen LogP contribution >= 0.6 is 47.8 Å². The van der Waals surface area contributed by atoms with Gasteiger partial charge in [-0.3, -0.25) is 4.79 Å². The van der Waals surface area contributed by atoms with Crippen LogP contribution in [0.4, 0.5) is 5.69 Å². The van der Waals surface area contributed by atoms with Crippen molar-refractivity contribution in [1.29, 1.82) is 0 Å². The molecule has 0 aliphatic heterocycles. The SMILES string of the molecule is NC(=NO)C1(C(=O)Nc2c(Br)cc(Br)cc2Br)CCC1. The van der Waals surface area contributed by atoms with Gasteiger partial charge in [0.25, 0.3) is 0 Å². The van der Waals surface area contributed by atoms with Gasteiger partial charge in [-0.2, -0.15) is 0 Å². The molecule has 2 rings (SSSR count). The molecule has 1 saturated carbocycles. The average molecular weight is 470 g/mol. The molecule has 1 amide bonds. The number of hydrogen-bond donors (Lipinski definition) is 3. The molecule has 0 heterocycles. The number of benzene rings is 1. The Morgan fingerprint density at radius 2 is 1.85 bits per heavy atom. The van der Waals surface area contributed by atoms with Gasteiger partial charge in [-0.25, -0.2) is 0 Å². The third-order valence-electron chi connectivity index (χ3n) is 3.49. The van der Waals surface area contributed by atoms with Crippen molar-refractivity contribution >= 4 is 65.2 Å². The van der Waals surface area contributed by atoms with E-state index in [9.17, 15) is 4.79 Å². The van der Waals surface area contributed by atoms with Crippen molar-refractivity contribution in [3.8, 4) is 0 Å². The summed E-state index contributed by atoms with van der Waals surface area (Å²) >= 11 is 10.2. The first-order valence-corrected chi connectivity index (χ1v) is 8.22. The summed E-state index contributed by atoms with van der Waals surface area (Å²) in [4.78, 5) is 12.5. The molecule has 5 nitrogen and oxygen atoms in total. The highest BCUT2D eigenvalue weighted by Gasteiger charge is 2.48. The Hall–Kier alpha value is -0.600. The molecule has 0 spiro atoms. The minimum atomic E-state index is -0.902. The van der Waals surface area contributed by atoms with Crippen LogP contribution in [-0.4, -0.2) is 17.0 Å². The fraction of sp³-hybridized carbons (Fsp3) is 0.333. The van der Waals surface area contributed by atoms with Crippen molar-refractivity contribution in [3.05, 3.63) is 25.6 Å². The average Bonchev–Trinajstić information content (AvgIpc) is 2.32. The van der Waals surface area contributed by atoms with E-state index in [-0.39, 0.29) is 11.7 Å². The lowest BCUT2D eigenvalue weighted by Gasteiger charge is -2.38. The Bertz CT molecular complexity index is 562. The van der Waals surface area contributed by atoms with Crippen molar-refractivity contribution in [2.75, 3.05) is 5.32 Å². The van der Waals surface area contributed by atoms with Gasteiger partial charge < -0.3 is 16.3 Å². The lowest BCUT2D eigenvalue weighted by molar-refractivity contribution is -0.125. The summed E-state index contributed by atoms with van der Waals surface area (Å²) in [5.41, 5.74) is 5.39. The van der Waals surface area contributed by atoms with Crippen LogP contribution in [0.1, 0.15) is 19.3 Å². The number of rotatable bonds is 3. The molecule has 108 valence electrons. The number of carbonyl (C=O) groups excluding carboxylic acids is 1. The lowest BCUT2D eigenvalue weighted by Crippen LogP contribution is -2.51. The number of amides is 1. The van der Waals surface area contributed by atoms with Crippen LogP contribution in [0.5, 0.6) is 0 Å². The van der Waals surface area contributed by atoms with Crippen molar-refractivity contribution in [2.24, 2.45) is 16.3 Å². The zero-order chi connectivity index (χ0) is 14.9. The Morgan fingerprint density at radius 1 is 1.30 bits per heavy atom. The zero-order valence-corrected chi connectivity index (χ0v) is 15.0. The van der Waals surface area contributed by atoms with E-state index in [0.717, 1.165) is 19.8 Å². The van der Waals surface area contributed by atoms with E-state index in [1.165, 1.54) is 0 Å². The molecule has 4 N–H and O–H groups in total. The molecule has 1 aliphatic carbocycles. The molecular formula is C12H12Br3N3O2. The summed E-state index contributed by atoms with van der Waals surface area (Å²) < 4.78 is 2.35. The van der Waals surface area contributed by atoms with Gasteiger partial charge in [-0.1, -0.05) is 27.5 Å². The standard InChI is InChI=1S/C12H12Br3N3O2/c13-6-4-7(14)9(8(15)5-6)17-11(19)12(2-1-3-12)10(16)18-20/h4-5,20H,1-3H2,(H2,16,18)(H,17,19). The second-order valence-corrected chi connectivity index (χ2v) is 7.24. The van der Waals surface area contributed by atoms with E-state index in [1.807, 2.05) is 12.1 Å². The second-order valence-electron chi connectivity index (χ2n) is 4.62. The van der Waals surface area contributed by atoms with Gasteiger partial charge in [-0.15, -0.1) is 0 Å². The third-order valence-corrected chi connectivity index (χ3v) is 5.19. The van der Waals surface area contributed by atoms with Crippen LogP contribution in [0.15, 0.2) is 30.7 Å². The predicted molar refractivity (Wildman–Crippen MR) is 87.9 cm³/mol. The highest BCUT2D eigenvalue weighted by atomic mass is 79.9. The maximum absolute atomic E-state index is 12.5. The zero-order valence-electron chi connectivity index (χ0n) is 10.3. The summed E-state index contributed by atoms with van der Waals surface area (Å²) in [6.45, 7) is 0. The van der Waals surface area contributed by atoms with Gasteiger partial charge in [-0.05, 0) is 56.8 Å². The molecule has 0 aromatic heterocycles. The fourth-order valence-electron chi connectivity index (χ4n) is 2.12. The Morgan fingerprint density at radius 3 is 2.25 bits per heavy atom. The minimum Gasteiger partial charge on any atom is -0.409 e. The largest absolute Gasteiger partial charge is 0.409 e. The number of halogens is 3. The number of nitrogens with two attached hydrogens (primary N) is 1. The monoisotopic (exact) mass is 467 g/mol. The molecule has 1 aromatic rings. The molecule has 0 saturated heterocycles. The quantitative estimate of drug-likeness (QED) is 0.272. The smallest absolute Gasteiger partial charge is 0.238 e. The molecular weight excluding hydrogens is 458 g/mol. The van der Waals surface area contributed by atoms with Gasteiger partial charge in [0.15, 0.2) is 5.84 Å². The van der Waals surface area contributed by atoms with Gasteiger partial charge in [0.05, 0.1) is 5.69 Å². The molecule has 0 atom stereocenters. The second kappa shape index (κ2) is 6.03. The van der Waals surface area contributed by atoms with E-state index >= 15 is 0 Å². The van der Waals surface area contributed by atoms with Crippen molar-refractivity contribution in [2.45, 2.75) is 19.3 Å². The fourth-order valence-corrected chi connectivity index (χ4v) is 4.58. The van der Waals surface area contributed by atoms with Crippen molar-refractivity contribution in [3.63, 3.8) is 0 Å². The van der Waals surface area contributed by atoms with Crippen molar-refractivity contribution < 1.29 is 10.0 Å². The Balaban J connectivity index is 2.29. The van der Waals surface area contributed by atoms with E-state index < -0.39 is 5.41 Å². The highest BCUT2D eigenvalue weighted by Crippen LogP contribution is 2.43. The van der Waals surface area contributed by atoms with Crippen LogP contribution < -0.4 is 11.1 Å². The number of anilines is 1. The maximum atomic E-state index is 12.5. The van der Waals surface area contributed by atoms with E-state index in [4.69, 9.17) is 10.9 Å². The number of nitrogens with zero attached hydrogens (tertiary/aromatic N) is 1. The van der Waals surface area contributed by atoms with Gasteiger partial charge in [0.1, 0.15) is 5.41 Å². The number of amidine groups is 1. The van der Waals surface area contributed by atoms with E-state index in [1.54, 1.807) is 0 Å². The number of nitrogens with one attached hydrogen (secondary N) is 1. The summed E-state index contributed by atoms with van der Waals surface area (Å²) in [6.07, 6.45) is 2.05. The highest BCUT2D eigenvalue weighted by molar-refractivity contribution is 9.11. The molecule has 1 aliphatic rings. The van der Waals surface area contributed by atoms with E-state index in [2.05, 4.69) is 58.3 Å². The van der Waals surface area contributed by atoms with Crippen LogP contribution in [0.25, 0.3) is 0 Å². The number of carbonyl (C=O) groups is 1. The van der Waals surface area contributed by atoms with Gasteiger partial charge >= 0.3 is 0 Å². The molecule has 1 fully saturated rings. The first-order chi connectivity index (χ1) is 9.40. The molecule has 1 aromatic carbocycles. The van der Waals surface area contributed by atoms with Crippen molar-refractivity contribution in [1.82, 2.24) is 0 Å². The molecule has 0 radical (unpaired) electrons. The summed E-state index contributed by atoms with van der Waals surface area (Å²) in [7, 11) is 0. The van der Waals surface area contributed by atoms with Crippen LogP contribution in [-0.2, 0) is 4.79 Å².